The third-order valence-electron chi connectivity index (χ3n) is 3.67. The number of benzene rings is 2. The van der Waals surface area contributed by atoms with E-state index in [-0.39, 0.29) is 0 Å². The lowest BCUT2D eigenvalue weighted by Gasteiger charge is -2.10. The Bertz CT molecular complexity index is 624. The van der Waals surface area contributed by atoms with Gasteiger partial charge in [-0.3, -0.25) is 0 Å². The largest absolute Gasteiger partial charge is 0.456 e. The maximum absolute atomic E-state index is 6.00. The molecule has 0 unspecified atom stereocenters. The van der Waals surface area contributed by atoms with Gasteiger partial charge in [0.05, 0.1) is 4.47 Å². The summed E-state index contributed by atoms with van der Waals surface area (Å²) in [6.07, 6.45) is 3.65. The van der Waals surface area contributed by atoms with Crippen molar-refractivity contribution >= 4 is 15.9 Å². The summed E-state index contributed by atoms with van der Waals surface area (Å²) < 4.78 is 6.99. The van der Waals surface area contributed by atoms with Gasteiger partial charge in [0.2, 0.25) is 0 Å². The van der Waals surface area contributed by atoms with Crippen LogP contribution in [0, 0.1) is 0 Å². The molecular weight excluding hydrogens is 314 g/mol. The summed E-state index contributed by atoms with van der Waals surface area (Å²) >= 11 is 3.58. The number of halogens is 1. The highest BCUT2D eigenvalue weighted by Gasteiger charge is 2.12. The standard InChI is InChI=1S/C17H18BrNO/c1-19-11-12-5-8-17(16(18)9-12)20-15-7-6-13-3-2-4-14(13)10-15/h5-10,19H,2-4,11H2,1H3. The number of hydrogen-bond donors (Lipinski definition) is 1. The smallest absolute Gasteiger partial charge is 0.141 e. The van der Waals surface area contributed by atoms with E-state index in [0.717, 1.165) is 22.5 Å². The van der Waals surface area contributed by atoms with E-state index >= 15 is 0 Å². The number of hydrogen-bond acceptors (Lipinski definition) is 2. The van der Waals surface area contributed by atoms with Crippen molar-refractivity contribution in [1.29, 1.82) is 0 Å². The van der Waals surface area contributed by atoms with Crippen molar-refractivity contribution in [3.05, 3.63) is 57.6 Å². The molecule has 0 saturated heterocycles. The second-order valence-electron chi connectivity index (χ2n) is 5.18. The van der Waals surface area contributed by atoms with Crippen LogP contribution in [0.25, 0.3) is 0 Å². The SMILES string of the molecule is CNCc1ccc(Oc2ccc3c(c2)CCC3)c(Br)c1. The molecule has 104 valence electrons. The highest BCUT2D eigenvalue weighted by atomic mass is 79.9. The Kier molecular flexibility index (Phi) is 4.08. The fraction of sp³-hybridized carbons (Fsp3) is 0.294. The molecule has 0 radical (unpaired) electrons. The van der Waals surface area contributed by atoms with Gasteiger partial charge in [-0.05, 0) is 83.2 Å². The molecule has 3 rings (SSSR count). The van der Waals surface area contributed by atoms with Crippen LogP contribution in [0.2, 0.25) is 0 Å². The van der Waals surface area contributed by atoms with Gasteiger partial charge in [-0.1, -0.05) is 12.1 Å². The molecule has 0 saturated carbocycles. The molecule has 1 aliphatic rings. The minimum Gasteiger partial charge on any atom is -0.456 e. The van der Waals surface area contributed by atoms with Gasteiger partial charge in [0.25, 0.3) is 0 Å². The van der Waals surface area contributed by atoms with Crippen molar-refractivity contribution < 1.29 is 4.74 Å². The van der Waals surface area contributed by atoms with E-state index in [2.05, 4.69) is 51.6 Å². The molecule has 0 aliphatic heterocycles. The van der Waals surface area contributed by atoms with Crippen molar-refractivity contribution in [2.45, 2.75) is 25.8 Å². The number of aryl methyl sites for hydroxylation is 2. The van der Waals surface area contributed by atoms with Gasteiger partial charge in [-0.25, -0.2) is 0 Å². The number of ether oxygens (including phenoxy) is 1. The van der Waals surface area contributed by atoms with E-state index in [4.69, 9.17) is 4.74 Å². The molecule has 2 aromatic carbocycles. The molecule has 0 heterocycles. The van der Waals surface area contributed by atoms with Crippen LogP contribution in [-0.2, 0) is 19.4 Å². The summed E-state index contributed by atoms with van der Waals surface area (Å²) in [6.45, 7) is 0.859. The summed E-state index contributed by atoms with van der Waals surface area (Å²) in [7, 11) is 1.95. The van der Waals surface area contributed by atoms with Crippen LogP contribution in [0.4, 0.5) is 0 Å². The summed E-state index contributed by atoms with van der Waals surface area (Å²) in [6, 6.07) is 12.6. The maximum atomic E-state index is 6.00. The predicted molar refractivity (Wildman–Crippen MR) is 85.4 cm³/mol. The first-order valence-corrected chi connectivity index (χ1v) is 7.78. The van der Waals surface area contributed by atoms with Crippen LogP contribution in [0.15, 0.2) is 40.9 Å². The van der Waals surface area contributed by atoms with Crippen molar-refractivity contribution in [3.8, 4) is 11.5 Å². The topological polar surface area (TPSA) is 21.3 Å². The Labute approximate surface area is 128 Å². The average molecular weight is 332 g/mol. The highest BCUT2D eigenvalue weighted by molar-refractivity contribution is 9.10. The fourth-order valence-electron chi connectivity index (χ4n) is 2.68. The van der Waals surface area contributed by atoms with Crippen LogP contribution in [0.3, 0.4) is 0 Å². The van der Waals surface area contributed by atoms with Gasteiger partial charge >= 0.3 is 0 Å². The monoisotopic (exact) mass is 331 g/mol. The van der Waals surface area contributed by atoms with Gasteiger partial charge in [-0.15, -0.1) is 0 Å². The summed E-state index contributed by atoms with van der Waals surface area (Å²) in [5.74, 6) is 1.79. The van der Waals surface area contributed by atoms with E-state index in [1.807, 2.05) is 13.1 Å². The first kappa shape index (κ1) is 13.7. The van der Waals surface area contributed by atoms with E-state index in [1.54, 1.807) is 0 Å². The summed E-state index contributed by atoms with van der Waals surface area (Å²) in [5, 5.41) is 3.15. The highest BCUT2D eigenvalue weighted by Crippen LogP contribution is 2.33. The van der Waals surface area contributed by atoms with Gasteiger partial charge in [0, 0.05) is 6.54 Å². The first-order valence-electron chi connectivity index (χ1n) is 6.99. The summed E-state index contributed by atoms with van der Waals surface area (Å²) in [4.78, 5) is 0. The van der Waals surface area contributed by atoms with Crippen molar-refractivity contribution in [2.24, 2.45) is 0 Å². The molecular formula is C17H18BrNO. The minimum atomic E-state index is 0.859. The van der Waals surface area contributed by atoms with E-state index in [0.29, 0.717) is 0 Å². The molecule has 3 heteroatoms. The zero-order chi connectivity index (χ0) is 13.9. The second-order valence-corrected chi connectivity index (χ2v) is 6.04. The molecule has 2 nitrogen and oxygen atoms in total. The fourth-order valence-corrected chi connectivity index (χ4v) is 3.19. The zero-order valence-corrected chi connectivity index (χ0v) is 13.2. The van der Waals surface area contributed by atoms with Crippen molar-refractivity contribution in [1.82, 2.24) is 5.32 Å². The molecule has 0 fully saturated rings. The zero-order valence-electron chi connectivity index (χ0n) is 11.6. The average Bonchev–Trinajstić information content (AvgIpc) is 2.90. The molecule has 0 amide bonds. The van der Waals surface area contributed by atoms with Gasteiger partial charge < -0.3 is 10.1 Å². The molecule has 0 bridgehead atoms. The summed E-state index contributed by atoms with van der Waals surface area (Å²) in [5.41, 5.74) is 4.15. The normalized spacial score (nSPS) is 13.3. The Morgan fingerprint density at radius 3 is 2.75 bits per heavy atom. The lowest BCUT2D eigenvalue weighted by molar-refractivity contribution is 0.478. The Morgan fingerprint density at radius 2 is 1.95 bits per heavy atom. The van der Waals surface area contributed by atoms with Gasteiger partial charge in [0.15, 0.2) is 0 Å². The van der Waals surface area contributed by atoms with E-state index in [9.17, 15) is 0 Å². The van der Waals surface area contributed by atoms with Gasteiger partial charge in [0.1, 0.15) is 11.5 Å². The lowest BCUT2D eigenvalue weighted by atomic mass is 10.1. The predicted octanol–water partition coefficient (Wildman–Crippen LogP) is 4.45. The molecule has 2 aromatic rings. The van der Waals surface area contributed by atoms with Crippen LogP contribution < -0.4 is 10.1 Å². The Balaban J connectivity index is 1.80. The third kappa shape index (κ3) is 2.89. The molecule has 1 N–H and O–H groups in total. The molecule has 0 spiro atoms. The molecule has 0 atom stereocenters. The lowest BCUT2D eigenvalue weighted by Crippen LogP contribution is -2.04. The Hall–Kier alpha value is -1.32. The van der Waals surface area contributed by atoms with Gasteiger partial charge in [-0.2, -0.15) is 0 Å². The van der Waals surface area contributed by atoms with Crippen LogP contribution in [0.5, 0.6) is 11.5 Å². The number of nitrogens with one attached hydrogen (secondary N) is 1. The molecule has 20 heavy (non-hydrogen) atoms. The number of fused-ring (bicyclic) bond motifs is 1. The van der Waals surface area contributed by atoms with E-state index in [1.165, 1.54) is 36.0 Å². The molecule has 1 aliphatic carbocycles. The van der Waals surface area contributed by atoms with Crippen LogP contribution in [-0.4, -0.2) is 7.05 Å². The third-order valence-corrected chi connectivity index (χ3v) is 4.29. The van der Waals surface area contributed by atoms with E-state index < -0.39 is 0 Å². The van der Waals surface area contributed by atoms with Crippen LogP contribution in [0.1, 0.15) is 23.1 Å². The minimum absolute atomic E-state index is 0.859. The number of rotatable bonds is 4. The maximum Gasteiger partial charge on any atom is 0.141 e. The van der Waals surface area contributed by atoms with Crippen molar-refractivity contribution in [2.75, 3.05) is 7.05 Å². The quantitative estimate of drug-likeness (QED) is 0.893. The Morgan fingerprint density at radius 1 is 1.10 bits per heavy atom. The molecule has 0 aromatic heterocycles. The van der Waals surface area contributed by atoms with Crippen molar-refractivity contribution in [3.63, 3.8) is 0 Å². The van der Waals surface area contributed by atoms with Crippen LogP contribution >= 0.6 is 15.9 Å². The second kappa shape index (κ2) is 5.98. The first-order chi connectivity index (χ1) is 9.76.